The van der Waals surface area contributed by atoms with Crippen LogP contribution >= 0.6 is 23.1 Å². The van der Waals surface area contributed by atoms with Crippen molar-refractivity contribution in [2.24, 2.45) is 0 Å². The minimum Gasteiger partial charge on any atom is -0.309 e. The molecule has 1 heterocycles. The molecule has 1 amide bonds. The van der Waals surface area contributed by atoms with E-state index in [9.17, 15) is 4.79 Å². The number of carbonyl (C=O) groups excluding carboxylic acids is 1. The van der Waals surface area contributed by atoms with E-state index in [-0.39, 0.29) is 5.91 Å². The second-order valence-corrected chi connectivity index (χ2v) is 10.1. The largest absolute Gasteiger partial charge is 0.309 e. The van der Waals surface area contributed by atoms with Crippen molar-refractivity contribution in [2.75, 3.05) is 37.8 Å². The van der Waals surface area contributed by atoms with Crippen LogP contribution in [0.2, 0.25) is 0 Å². The first-order chi connectivity index (χ1) is 14.4. The Labute approximate surface area is 188 Å². The lowest BCUT2D eigenvalue weighted by Gasteiger charge is -2.21. The Morgan fingerprint density at radius 1 is 1.03 bits per heavy atom. The molecule has 0 atom stereocenters. The number of benzene rings is 2. The molecule has 0 radical (unpaired) electrons. The van der Waals surface area contributed by atoms with E-state index in [0.717, 1.165) is 46.1 Å². The molecular formula is C24H31N3OS2. The molecule has 30 heavy (non-hydrogen) atoms. The third kappa shape index (κ3) is 6.30. The van der Waals surface area contributed by atoms with Crippen molar-refractivity contribution in [3.8, 4) is 0 Å². The Kier molecular flexibility index (Phi) is 8.31. The number of aromatic nitrogens is 1. The van der Waals surface area contributed by atoms with Crippen LogP contribution in [0.1, 0.15) is 30.4 Å². The van der Waals surface area contributed by atoms with Crippen LogP contribution in [0.4, 0.5) is 5.13 Å². The first-order valence-electron chi connectivity index (χ1n) is 10.4. The Balaban J connectivity index is 1.63. The zero-order valence-electron chi connectivity index (χ0n) is 18.4. The predicted molar refractivity (Wildman–Crippen MR) is 131 cm³/mol. The smallest absolute Gasteiger partial charge is 0.228 e. The second kappa shape index (κ2) is 10.9. The molecule has 0 saturated heterocycles. The van der Waals surface area contributed by atoms with Gasteiger partial charge in [0.25, 0.3) is 0 Å². The van der Waals surface area contributed by atoms with Crippen molar-refractivity contribution in [1.29, 1.82) is 0 Å². The predicted octanol–water partition coefficient (Wildman–Crippen LogP) is 5.77. The van der Waals surface area contributed by atoms with Crippen molar-refractivity contribution >= 4 is 44.4 Å². The zero-order chi connectivity index (χ0) is 21.5. The highest BCUT2D eigenvalue weighted by molar-refractivity contribution is 7.99. The molecule has 0 bridgehead atoms. The van der Waals surface area contributed by atoms with E-state index in [1.54, 1.807) is 11.3 Å². The van der Waals surface area contributed by atoms with Gasteiger partial charge in [-0.1, -0.05) is 41.2 Å². The van der Waals surface area contributed by atoms with Crippen LogP contribution in [0.3, 0.4) is 0 Å². The first kappa shape index (κ1) is 22.8. The SMILES string of the molecule is Cc1ccc(SCCCC(=O)N(CCCN(C)C)c2nc3c(C)cccc3s2)cc1. The van der Waals surface area contributed by atoms with Gasteiger partial charge in [0.05, 0.1) is 10.2 Å². The summed E-state index contributed by atoms with van der Waals surface area (Å²) in [4.78, 5) is 23.3. The quantitative estimate of drug-likeness (QED) is 0.296. The molecule has 0 N–H and O–H groups in total. The van der Waals surface area contributed by atoms with Gasteiger partial charge in [0.2, 0.25) is 5.91 Å². The van der Waals surface area contributed by atoms with E-state index < -0.39 is 0 Å². The Hall–Kier alpha value is -1.89. The average Bonchev–Trinajstić information content (AvgIpc) is 3.15. The van der Waals surface area contributed by atoms with Crippen LogP contribution in [0, 0.1) is 13.8 Å². The van der Waals surface area contributed by atoms with Crippen LogP contribution in [-0.2, 0) is 4.79 Å². The maximum atomic E-state index is 13.1. The topological polar surface area (TPSA) is 36.4 Å². The van der Waals surface area contributed by atoms with Crippen molar-refractivity contribution in [1.82, 2.24) is 9.88 Å². The van der Waals surface area contributed by atoms with Crippen LogP contribution in [0.25, 0.3) is 10.2 Å². The number of nitrogens with zero attached hydrogens (tertiary/aromatic N) is 3. The fraction of sp³-hybridized carbons (Fsp3) is 0.417. The van der Waals surface area contributed by atoms with Gasteiger partial charge in [-0.15, -0.1) is 11.8 Å². The van der Waals surface area contributed by atoms with Gasteiger partial charge in [-0.2, -0.15) is 0 Å². The van der Waals surface area contributed by atoms with Gasteiger partial charge in [-0.25, -0.2) is 4.98 Å². The molecule has 160 valence electrons. The number of rotatable bonds is 10. The number of amides is 1. The molecule has 2 aromatic carbocycles. The van der Waals surface area contributed by atoms with Crippen LogP contribution in [-0.4, -0.2) is 48.7 Å². The molecule has 0 aliphatic heterocycles. The monoisotopic (exact) mass is 441 g/mol. The minimum atomic E-state index is 0.176. The summed E-state index contributed by atoms with van der Waals surface area (Å²) in [5, 5.41) is 0.828. The maximum absolute atomic E-state index is 13.1. The standard InChI is InChI=1S/C24H31N3OS2/c1-18-11-13-20(14-12-18)29-17-6-10-22(28)27(16-7-15-26(3)4)24-25-23-19(2)8-5-9-21(23)30-24/h5,8-9,11-14H,6-7,10,15-17H2,1-4H3. The number of hydrogen-bond acceptors (Lipinski definition) is 5. The third-order valence-electron chi connectivity index (χ3n) is 4.95. The summed E-state index contributed by atoms with van der Waals surface area (Å²) in [5.74, 6) is 1.12. The normalized spacial score (nSPS) is 11.4. The number of para-hydroxylation sites is 1. The molecule has 6 heteroatoms. The molecule has 0 fully saturated rings. The van der Waals surface area contributed by atoms with Crippen molar-refractivity contribution in [3.05, 3.63) is 53.6 Å². The number of anilines is 1. The van der Waals surface area contributed by atoms with Gasteiger partial charge in [0, 0.05) is 17.9 Å². The molecular weight excluding hydrogens is 410 g/mol. The zero-order valence-corrected chi connectivity index (χ0v) is 20.0. The summed E-state index contributed by atoms with van der Waals surface area (Å²) >= 11 is 3.44. The van der Waals surface area contributed by atoms with Crippen molar-refractivity contribution < 1.29 is 4.79 Å². The van der Waals surface area contributed by atoms with Gasteiger partial charge in [-0.3, -0.25) is 9.69 Å². The van der Waals surface area contributed by atoms with E-state index in [4.69, 9.17) is 4.98 Å². The average molecular weight is 442 g/mol. The Morgan fingerprint density at radius 2 is 1.80 bits per heavy atom. The molecule has 4 nitrogen and oxygen atoms in total. The van der Waals surface area contributed by atoms with E-state index in [2.05, 4.69) is 75.3 Å². The van der Waals surface area contributed by atoms with Gasteiger partial charge < -0.3 is 4.90 Å². The summed E-state index contributed by atoms with van der Waals surface area (Å²) in [5.41, 5.74) is 3.44. The fourth-order valence-electron chi connectivity index (χ4n) is 3.24. The highest BCUT2D eigenvalue weighted by atomic mass is 32.2. The van der Waals surface area contributed by atoms with E-state index >= 15 is 0 Å². The van der Waals surface area contributed by atoms with Gasteiger partial charge in [0.15, 0.2) is 5.13 Å². The lowest BCUT2D eigenvalue weighted by atomic mass is 10.2. The summed E-state index contributed by atoms with van der Waals surface area (Å²) < 4.78 is 1.14. The molecule has 0 aliphatic rings. The Bertz CT molecular complexity index is 966. The molecule has 0 unspecified atom stereocenters. The fourth-order valence-corrected chi connectivity index (χ4v) is 5.18. The highest BCUT2D eigenvalue weighted by Crippen LogP contribution is 2.31. The number of thioether (sulfide) groups is 1. The third-order valence-corrected chi connectivity index (χ3v) is 7.10. The molecule has 3 rings (SSSR count). The van der Waals surface area contributed by atoms with Crippen LogP contribution in [0.5, 0.6) is 0 Å². The van der Waals surface area contributed by atoms with E-state index in [1.807, 2.05) is 16.7 Å². The molecule has 3 aromatic rings. The lowest BCUT2D eigenvalue weighted by Crippen LogP contribution is -2.33. The maximum Gasteiger partial charge on any atom is 0.228 e. The van der Waals surface area contributed by atoms with Crippen LogP contribution < -0.4 is 4.90 Å². The number of carbonyl (C=O) groups is 1. The lowest BCUT2D eigenvalue weighted by molar-refractivity contribution is -0.118. The van der Waals surface area contributed by atoms with E-state index in [1.165, 1.54) is 10.5 Å². The highest BCUT2D eigenvalue weighted by Gasteiger charge is 2.19. The Morgan fingerprint density at radius 3 is 2.50 bits per heavy atom. The summed E-state index contributed by atoms with van der Waals surface area (Å²) in [7, 11) is 4.13. The first-order valence-corrected chi connectivity index (χ1v) is 12.2. The number of thiazole rings is 1. The van der Waals surface area contributed by atoms with E-state index in [0.29, 0.717) is 13.0 Å². The molecule has 0 aliphatic carbocycles. The van der Waals surface area contributed by atoms with Crippen molar-refractivity contribution in [3.63, 3.8) is 0 Å². The number of fused-ring (bicyclic) bond motifs is 1. The van der Waals surface area contributed by atoms with Gasteiger partial charge in [-0.05, 0) is 76.8 Å². The minimum absolute atomic E-state index is 0.176. The molecule has 1 aromatic heterocycles. The second-order valence-electron chi connectivity index (χ2n) is 7.89. The summed E-state index contributed by atoms with van der Waals surface area (Å²) in [6.07, 6.45) is 2.35. The summed E-state index contributed by atoms with van der Waals surface area (Å²) in [6, 6.07) is 14.8. The molecule has 0 spiro atoms. The number of aryl methyl sites for hydroxylation is 2. The molecule has 0 saturated carbocycles. The van der Waals surface area contributed by atoms with Crippen LogP contribution in [0.15, 0.2) is 47.4 Å². The van der Waals surface area contributed by atoms with Crippen molar-refractivity contribution in [2.45, 2.75) is 38.0 Å². The van der Waals surface area contributed by atoms with Gasteiger partial charge >= 0.3 is 0 Å². The summed E-state index contributed by atoms with van der Waals surface area (Å²) in [6.45, 7) is 5.84. The van der Waals surface area contributed by atoms with Gasteiger partial charge in [0.1, 0.15) is 0 Å². The number of hydrogen-bond donors (Lipinski definition) is 0.